The number of carbonyl (C=O) groups is 1. The second-order valence-electron chi connectivity index (χ2n) is 3.66. The number of nitrogens with zero attached hydrogens (tertiary/aromatic N) is 3. The average molecular weight is 247 g/mol. The van der Waals surface area contributed by atoms with Gasteiger partial charge in [0.15, 0.2) is 0 Å². The maximum Gasteiger partial charge on any atom is 0.337 e. The fourth-order valence-corrected chi connectivity index (χ4v) is 1.56. The Morgan fingerprint density at radius 2 is 2.33 bits per heavy atom. The van der Waals surface area contributed by atoms with Crippen molar-refractivity contribution in [3.63, 3.8) is 0 Å². The first-order valence-corrected chi connectivity index (χ1v) is 5.38. The maximum absolute atomic E-state index is 10.9. The Kier molecular flexibility index (Phi) is 3.42. The molecule has 0 spiro atoms. The first-order chi connectivity index (χ1) is 8.68. The van der Waals surface area contributed by atoms with Crippen LogP contribution in [0, 0.1) is 0 Å². The van der Waals surface area contributed by atoms with Crippen LogP contribution in [0.3, 0.4) is 0 Å². The summed E-state index contributed by atoms with van der Waals surface area (Å²) in [6.07, 6.45) is 3.35. The van der Waals surface area contributed by atoms with Crippen LogP contribution in [0.5, 0.6) is 0 Å². The standard InChI is InChI=1S/C11H13N5O2/c12-10-8(11(17)18)2-1-3-9(10)13-4-6-16-7-5-14-15-16/h1-3,5,7,13H,4,6,12H2,(H,17,18). The number of carboxylic acids is 1. The number of nitrogens with two attached hydrogens (primary N) is 1. The topological polar surface area (TPSA) is 106 Å². The number of benzene rings is 1. The molecule has 0 amide bonds. The lowest BCUT2D eigenvalue weighted by Crippen LogP contribution is -2.13. The van der Waals surface area contributed by atoms with Gasteiger partial charge < -0.3 is 16.2 Å². The van der Waals surface area contributed by atoms with Crippen LogP contribution >= 0.6 is 0 Å². The quantitative estimate of drug-likeness (QED) is 0.670. The summed E-state index contributed by atoms with van der Waals surface area (Å²) < 4.78 is 1.67. The van der Waals surface area contributed by atoms with Gasteiger partial charge in [0.25, 0.3) is 0 Å². The molecule has 0 aliphatic carbocycles. The Balaban J connectivity index is 2.01. The average Bonchev–Trinajstić information content (AvgIpc) is 2.84. The van der Waals surface area contributed by atoms with Gasteiger partial charge in [-0.2, -0.15) is 0 Å². The SMILES string of the molecule is Nc1c(NCCn2ccnn2)cccc1C(=O)O. The summed E-state index contributed by atoms with van der Waals surface area (Å²) in [7, 11) is 0. The predicted octanol–water partition coefficient (Wildman–Crippen LogP) is 0.671. The number of hydrogen-bond acceptors (Lipinski definition) is 5. The normalized spacial score (nSPS) is 10.2. The molecule has 1 aromatic carbocycles. The number of anilines is 2. The van der Waals surface area contributed by atoms with E-state index in [1.807, 2.05) is 0 Å². The first kappa shape index (κ1) is 11.9. The molecule has 7 heteroatoms. The van der Waals surface area contributed by atoms with E-state index >= 15 is 0 Å². The van der Waals surface area contributed by atoms with Gasteiger partial charge in [0, 0.05) is 12.7 Å². The zero-order valence-corrected chi connectivity index (χ0v) is 9.58. The van der Waals surface area contributed by atoms with E-state index in [4.69, 9.17) is 10.8 Å². The van der Waals surface area contributed by atoms with Crippen molar-refractivity contribution in [1.29, 1.82) is 0 Å². The Hall–Kier alpha value is -2.57. The molecule has 7 nitrogen and oxygen atoms in total. The number of nitrogen functional groups attached to an aromatic ring is 1. The fraction of sp³-hybridized carbons (Fsp3) is 0.182. The molecule has 0 aliphatic heterocycles. The van der Waals surface area contributed by atoms with Crippen molar-refractivity contribution in [1.82, 2.24) is 15.0 Å². The van der Waals surface area contributed by atoms with Gasteiger partial charge in [0.2, 0.25) is 0 Å². The number of rotatable bonds is 5. The Morgan fingerprint density at radius 1 is 1.50 bits per heavy atom. The van der Waals surface area contributed by atoms with Crippen molar-refractivity contribution in [2.75, 3.05) is 17.6 Å². The molecule has 4 N–H and O–H groups in total. The van der Waals surface area contributed by atoms with Gasteiger partial charge in [-0.15, -0.1) is 5.10 Å². The molecule has 2 aromatic rings. The Morgan fingerprint density at radius 3 is 3.00 bits per heavy atom. The van der Waals surface area contributed by atoms with E-state index in [2.05, 4.69) is 15.6 Å². The van der Waals surface area contributed by atoms with Gasteiger partial charge in [-0.1, -0.05) is 11.3 Å². The first-order valence-electron chi connectivity index (χ1n) is 5.38. The Bertz CT molecular complexity index is 538. The van der Waals surface area contributed by atoms with Crippen LogP contribution in [0.4, 0.5) is 11.4 Å². The van der Waals surface area contributed by atoms with E-state index < -0.39 is 5.97 Å². The van der Waals surface area contributed by atoms with Crippen molar-refractivity contribution in [3.8, 4) is 0 Å². The van der Waals surface area contributed by atoms with E-state index in [9.17, 15) is 4.79 Å². The van der Waals surface area contributed by atoms with Crippen LogP contribution in [-0.4, -0.2) is 32.6 Å². The molecular formula is C11H13N5O2. The summed E-state index contributed by atoms with van der Waals surface area (Å²) in [4.78, 5) is 10.9. The van der Waals surface area contributed by atoms with E-state index in [0.29, 0.717) is 18.8 Å². The van der Waals surface area contributed by atoms with Gasteiger partial charge in [-0.05, 0) is 12.1 Å². The summed E-state index contributed by atoms with van der Waals surface area (Å²) in [6.45, 7) is 1.20. The van der Waals surface area contributed by atoms with Crippen molar-refractivity contribution in [2.45, 2.75) is 6.54 Å². The summed E-state index contributed by atoms with van der Waals surface area (Å²) in [6, 6.07) is 4.86. The third-order valence-corrected chi connectivity index (χ3v) is 2.46. The van der Waals surface area contributed by atoms with Gasteiger partial charge in [-0.3, -0.25) is 4.68 Å². The number of carboxylic acid groups (broad SMARTS) is 1. The molecule has 2 rings (SSSR count). The maximum atomic E-state index is 10.9. The van der Waals surface area contributed by atoms with Crippen molar-refractivity contribution in [3.05, 3.63) is 36.2 Å². The smallest absolute Gasteiger partial charge is 0.337 e. The molecule has 94 valence electrons. The highest BCUT2D eigenvalue weighted by molar-refractivity contribution is 5.97. The third-order valence-electron chi connectivity index (χ3n) is 2.46. The minimum atomic E-state index is -1.03. The van der Waals surface area contributed by atoms with Crippen molar-refractivity contribution < 1.29 is 9.90 Å². The van der Waals surface area contributed by atoms with Crippen LogP contribution in [0.15, 0.2) is 30.6 Å². The van der Waals surface area contributed by atoms with Gasteiger partial charge >= 0.3 is 5.97 Å². The highest BCUT2D eigenvalue weighted by Gasteiger charge is 2.10. The lowest BCUT2D eigenvalue weighted by atomic mass is 10.1. The van der Waals surface area contributed by atoms with Gasteiger partial charge in [0.1, 0.15) is 0 Å². The molecule has 0 aliphatic rings. The molecule has 0 saturated heterocycles. The number of nitrogens with one attached hydrogen (secondary N) is 1. The highest BCUT2D eigenvalue weighted by atomic mass is 16.4. The third kappa shape index (κ3) is 2.57. The number of para-hydroxylation sites is 1. The molecule has 0 saturated carbocycles. The lowest BCUT2D eigenvalue weighted by Gasteiger charge is -2.10. The molecular weight excluding hydrogens is 234 g/mol. The van der Waals surface area contributed by atoms with E-state index in [-0.39, 0.29) is 11.3 Å². The summed E-state index contributed by atoms with van der Waals surface area (Å²) in [5.41, 5.74) is 6.71. The van der Waals surface area contributed by atoms with Crippen LogP contribution in [0.2, 0.25) is 0 Å². The monoisotopic (exact) mass is 247 g/mol. The van der Waals surface area contributed by atoms with E-state index in [1.165, 1.54) is 6.07 Å². The van der Waals surface area contributed by atoms with Crippen molar-refractivity contribution in [2.24, 2.45) is 0 Å². The second kappa shape index (κ2) is 5.17. The molecule has 0 bridgehead atoms. The summed E-state index contributed by atoms with van der Waals surface area (Å²) in [5, 5.41) is 19.5. The summed E-state index contributed by atoms with van der Waals surface area (Å²) in [5.74, 6) is -1.03. The van der Waals surface area contributed by atoms with Crippen LogP contribution in [-0.2, 0) is 6.54 Å². The molecule has 0 radical (unpaired) electrons. The number of hydrogen-bond donors (Lipinski definition) is 3. The predicted molar refractivity (Wildman–Crippen MR) is 66.3 cm³/mol. The fourth-order valence-electron chi connectivity index (χ4n) is 1.56. The Labute approximate surface area is 103 Å². The lowest BCUT2D eigenvalue weighted by molar-refractivity contribution is 0.0698. The minimum Gasteiger partial charge on any atom is -0.478 e. The zero-order chi connectivity index (χ0) is 13.0. The molecule has 0 fully saturated rings. The zero-order valence-electron chi connectivity index (χ0n) is 9.58. The van der Waals surface area contributed by atoms with Crippen molar-refractivity contribution >= 4 is 17.3 Å². The second-order valence-corrected chi connectivity index (χ2v) is 3.66. The number of aromatic nitrogens is 3. The largest absolute Gasteiger partial charge is 0.478 e. The summed E-state index contributed by atoms with van der Waals surface area (Å²) >= 11 is 0. The van der Waals surface area contributed by atoms with Gasteiger partial charge in [-0.25, -0.2) is 4.79 Å². The molecule has 1 heterocycles. The van der Waals surface area contributed by atoms with E-state index in [0.717, 1.165) is 0 Å². The van der Waals surface area contributed by atoms with Gasteiger partial charge in [0.05, 0.1) is 29.7 Å². The number of aromatic carboxylic acids is 1. The highest BCUT2D eigenvalue weighted by Crippen LogP contribution is 2.22. The minimum absolute atomic E-state index is 0.0979. The van der Waals surface area contributed by atoms with Crippen LogP contribution in [0.1, 0.15) is 10.4 Å². The molecule has 0 unspecified atom stereocenters. The molecule has 1 aromatic heterocycles. The van der Waals surface area contributed by atoms with E-state index in [1.54, 1.807) is 29.2 Å². The van der Waals surface area contributed by atoms with Crippen LogP contribution < -0.4 is 11.1 Å². The van der Waals surface area contributed by atoms with Crippen LogP contribution in [0.25, 0.3) is 0 Å². The molecule has 0 atom stereocenters. The molecule has 18 heavy (non-hydrogen) atoms.